The standard InChI is InChI=1S/C10H14N2O2/c1-2-7-8(10(13)14)9(12-11-7)6-4-3-5-6/h6H,2-5H2,1H3,(H,11,12)(H,13,14). The number of nitrogens with zero attached hydrogens (tertiary/aromatic N) is 1. The molecular weight excluding hydrogens is 180 g/mol. The number of hydrogen-bond acceptors (Lipinski definition) is 2. The fourth-order valence-electron chi connectivity index (χ4n) is 1.87. The number of aromatic nitrogens is 2. The molecular formula is C10H14N2O2. The van der Waals surface area contributed by atoms with Crippen LogP contribution in [0.2, 0.25) is 0 Å². The second-order valence-electron chi connectivity index (χ2n) is 3.75. The molecule has 0 spiro atoms. The van der Waals surface area contributed by atoms with Crippen molar-refractivity contribution in [3.63, 3.8) is 0 Å². The monoisotopic (exact) mass is 194 g/mol. The summed E-state index contributed by atoms with van der Waals surface area (Å²) < 4.78 is 0. The summed E-state index contributed by atoms with van der Waals surface area (Å²) in [7, 11) is 0. The molecule has 0 aliphatic heterocycles. The van der Waals surface area contributed by atoms with Crippen molar-refractivity contribution in [1.29, 1.82) is 0 Å². The Morgan fingerprint density at radius 1 is 1.64 bits per heavy atom. The quantitative estimate of drug-likeness (QED) is 0.772. The Morgan fingerprint density at radius 2 is 2.36 bits per heavy atom. The molecule has 0 bridgehead atoms. The number of nitrogens with one attached hydrogen (secondary N) is 1. The van der Waals surface area contributed by atoms with Gasteiger partial charge in [-0.15, -0.1) is 0 Å². The first-order chi connectivity index (χ1) is 6.74. The Bertz CT molecular complexity index is 353. The Morgan fingerprint density at radius 3 is 2.79 bits per heavy atom. The molecule has 2 N–H and O–H groups in total. The molecule has 0 saturated heterocycles. The van der Waals surface area contributed by atoms with E-state index in [0.717, 1.165) is 24.2 Å². The van der Waals surface area contributed by atoms with Crippen LogP contribution in [0.25, 0.3) is 0 Å². The molecule has 0 unspecified atom stereocenters. The number of aromatic carboxylic acids is 1. The first-order valence-electron chi connectivity index (χ1n) is 5.04. The summed E-state index contributed by atoms with van der Waals surface area (Å²) in [6, 6.07) is 0. The van der Waals surface area contributed by atoms with Crippen molar-refractivity contribution in [3.05, 3.63) is 17.0 Å². The lowest BCUT2D eigenvalue weighted by Crippen LogP contribution is -2.13. The van der Waals surface area contributed by atoms with Crippen LogP contribution in [0, 0.1) is 0 Å². The average molecular weight is 194 g/mol. The summed E-state index contributed by atoms with van der Waals surface area (Å²) in [5, 5.41) is 16.0. The molecule has 4 nitrogen and oxygen atoms in total. The van der Waals surface area contributed by atoms with Crippen LogP contribution in [0.4, 0.5) is 0 Å². The number of H-pyrrole nitrogens is 1. The molecule has 1 fully saturated rings. The van der Waals surface area contributed by atoms with Crippen LogP contribution in [0.3, 0.4) is 0 Å². The van der Waals surface area contributed by atoms with Crippen LogP contribution >= 0.6 is 0 Å². The van der Waals surface area contributed by atoms with Gasteiger partial charge in [-0.05, 0) is 19.3 Å². The fraction of sp³-hybridized carbons (Fsp3) is 0.600. The number of aromatic amines is 1. The van der Waals surface area contributed by atoms with Crippen LogP contribution in [-0.2, 0) is 6.42 Å². The molecule has 0 amide bonds. The van der Waals surface area contributed by atoms with Gasteiger partial charge in [0.1, 0.15) is 5.56 Å². The summed E-state index contributed by atoms with van der Waals surface area (Å²) in [6.07, 6.45) is 4.04. The molecule has 1 aromatic rings. The van der Waals surface area contributed by atoms with Gasteiger partial charge < -0.3 is 5.11 Å². The third-order valence-corrected chi connectivity index (χ3v) is 2.93. The first kappa shape index (κ1) is 9.24. The highest BCUT2D eigenvalue weighted by atomic mass is 16.4. The van der Waals surface area contributed by atoms with E-state index in [0.29, 0.717) is 17.9 Å². The molecule has 14 heavy (non-hydrogen) atoms. The summed E-state index contributed by atoms with van der Waals surface area (Å²) in [6.45, 7) is 1.94. The highest BCUT2D eigenvalue weighted by Crippen LogP contribution is 2.37. The maximum Gasteiger partial charge on any atom is 0.339 e. The molecule has 1 aliphatic carbocycles. The van der Waals surface area contributed by atoms with Gasteiger partial charge in [0.15, 0.2) is 0 Å². The van der Waals surface area contributed by atoms with Crippen LogP contribution < -0.4 is 0 Å². The molecule has 0 atom stereocenters. The van der Waals surface area contributed by atoms with Gasteiger partial charge in [0.05, 0.1) is 5.69 Å². The average Bonchev–Trinajstić information content (AvgIpc) is 2.44. The summed E-state index contributed by atoms with van der Waals surface area (Å²) in [5.41, 5.74) is 1.93. The summed E-state index contributed by atoms with van der Waals surface area (Å²) >= 11 is 0. The fourth-order valence-corrected chi connectivity index (χ4v) is 1.87. The van der Waals surface area contributed by atoms with Crippen LogP contribution in [0.15, 0.2) is 0 Å². The normalized spacial score (nSPS) is 16.6. The SMILES string of the molecule is CCc1[nH]nc(C2CCC2)c1C(=O)O. The largest absolute Gasteiger partial charge is 0.478 e. The minimum atomic E-state index is -0.850. The Labute approximate surface area is 82.3 Å². The van der Waals surface area contributed by atoms with E-state index in [4.69, 9.17) is 5.11 Å². The van der Waals surface area contributed by atoms with Crippen molar-refractivity contribution >= 4 is 5.97 Å². The van der Waals surface area contributed by atoms with E-state index >= 15 is 0 Å². The zero-order valence-electron chi connectivity index (χ0n) is 8.21. The lowest BCUT2D eigenvalue weighted by Gasteiger charge is -2.23. The molecule has 0 aromatic carbocycles. The van der Waals surface area contributed by atoms with E-state index < -0.39 is 5.97 Å². The van der Waals surface area contributed by atoms with E-state index in [1.54, 1.807) is 0 Å². The highest BCUT2D eigenvalue weighted by molar-refractivity contribution is 5.90. The molecule has 1 aliphatic rings. The second-order valence-corrected chi connectivity index (χ2v) is 3.75. The van der Waals surface area contributed by atoms with Crippen molar-refractivity contribution in [2.45, 2.75) is 38.5 Å². The number of aryl methyl sites for hydroxylation is 1. The molecule has 1 heterocycles. The maximum atomic E-state index is 11.0. The zero-order valence-corrected chi connectivity index (χ0v) is 8.21. The highest BCUT2D eigenvalue weighted by Gasteiger charge is 2.29. The number of carboxylic acid groups (broad SMARTS) is 1. The van der Waals surface area contributed by atoms with Gasteiger partial charge in [-0.25, -0.2) is 4.79 Å². The maximum absolute atomic E-state index is 11.0. The molecule has 2 rings (SSSR count). The number of rotatable bonds is 3. The lowest BCUT2D eigenvalue weighted by atomic mass is 9.81. The van der Waals surface area contributed by atoms with E-state index in [1.165, 1.54) is 6.42 Å². The van der Waals surface area contributed by atoms with Crippen molar-refractivity contribution < 1.29 is 9.90 Å². The van der Waals surface area contributed by atoms with Crippen LogP contribution in [-0.4, -0.2) is 21.3 Å². The topological polar surface area (TPSA) is 66.0 Å². The third kappa shape index (κ3) is 1.31. The third-order valence-electron chi connectivity index (χ3n) is 2.93. The predicted molar refractivity (Wildman–Crippen MR) is 51.5 cm³/mol. The number of carboxylic acids is 1. The van der Waals surface area contributed by atoms with Gasteiger partial charge in [-0.1, -0.05) is 13.3 Å². The Hall–Kier alpha value is -1.32. The predicted octanol–water partition coefficient (Wildman–Crippen LogP) is 1.94. The molecule has 76 valence electrons. The smallest absolute Gasteiger partial charge is 0.339 e. The van der Waals surface area contributed by atoms with Crippen molar-refractivity contribution in [1.82, 2.24) is 10.2 Å². The molecule has 0 radical (unpaired) electrons. The van der Waals surface area contributed by atoms with Gasteiger partial charge in [0.25, 0.3) is 0 Å². The minimum absolute atomic E-state index is 0.373. The van der Waals surface area contributed by atoms with Gasteiger partial charge in [0, 0.05) is 11.6 Å². The summed E-state index contributed by atoms with van der Waals surface area (Å²) in [5.74, 6) is -0.477. The zero-order chi connectivity index (χ0) is 10.1. The molecule has 1 saturated carbocycles. The molecule has 1 aromatic heterocycles. The van der Waals surface area contributed by atoms with Crippen LogP contribution in [0.1, 0.15) is 53.8 Å². The van der Waals surface area contributed by atoms with Gasteiger partial charge in [-0.3, -0.25) is 5.10 Å². The van der Waals surface area contributed by atoms with E-state index in [9.17, 15) is 4.79 Å². The van der Waals surface area contributed by atoms with Crippen molar-refractivity contribution in [2.24, 2.45) is 0 Å². The van der Waals surface area contributed by atoms with E-state index in [2.05, 4.69) is 10.2 Å². The first-order valence-corrected chi connectivity index (χ1v) is 5.04. The lowest BCUT2D eigenvalue weighted by molar-refractivity contribution is 0.0693. The Kier molecular flexibility index (Phi) is 2.27. The summed E-state index contributed by atoms with van der Waals surface area (Å²) in [4.78, 5) is 11.0. The van der Waals surface area contributed by atoms with Crippen LogP contribution in [0.5, 0.6) is 0 Å². The van der Waals surface area contributed by atoms with Gasteiger partial charge in [-0.2, -0.15) is 5.10 Å². The second kappa shape index (κ2) is 3.44. The molecule has 4 heteroatoms. The van der Waals surface area contributed by atoms with Crippen molar-refractivity contribution in [2.75, 3.05) is 0 Å². The van der Waals surface area contributed by atoms with Gasteiger partial charge in [0.2, 0.25) is 0 Å². The number of hydrogen-bond donors (Lipinski definition) is 2. The minimum Gasteiger partial charge on any atom is -0.478 e. The van der Waals surface area contributed by atoms with Crippen molar-refractivity contribution in [3.8, 4) is 0 Å². The van der Waals surface area contributed by atoms with Gasteiger partial charge >= 0.3 is 5.97 Å². The van der Waals surface area contributed by atoms with E-state index in [-0.39, 0.29) is 0 Å². The number of carbonyl (C=O) groups is 1. The Balaban J connectivity index is 2.38. The van der Waals surface area contributed by atoms with E-state index in [1.807, 2.05) is 6.92 Å².